The molecule has 3 nitrogen and oxygen atoms in total. The second-order valence-corrected chi connectivity index (χ2v) is 6.51. The van der Waals surface area contributed by atoms with Crippen LogP contribution in [-0.2, 0) is 0 Å². The highest BCUT2D eigenvalue weighted by molar-refractivity contribution is 4.96. The van der Waals surface area contributed by atoms with Gasteiger partial charge in [0.25, 0.3) is 0 Å². The predicted octanol–water partition coefficient (Wildman–Crippen LogP) is 3.99. The minimum absolute atomic E-state index is 0.235. The van der Waals surface area contributed by atoms with E-state index in [0.717, 1.165) is 23.5 Å². The Balaban J connectivity index is 1.55. The van der Waals surface area contributed by atoms with Gasteiger partial charge in [-0.1, -0.05) is 25.7 Å². The van der Waals surface area contributed by atoms with Crippen molar-refractivity contribution >= 4 is 0 Å². The molecular formula is C16H26N2O. The van der Waals surface area contributed by atoms with Crippen molar-refractivity contribution in [1.29, 1.82) is 0 Å². The molecule has 106 valence electrons. The molecule has 0 bridgehead atoms. The maximum absolute atomic E-state index is 5.62. The van der Waals surface area contributed by atoms with Gasteiger partial charge in [-0.3, -0.25) is 0 Å². The Bertz CT molecular complexity index is 415. The van der Waals surface area contributed by atoms with Crippen LogP contribution in [0.4, 0.5) is 0 Å². The van der Waals surface area contributed by atoms with Crippen LogP contribution in [0.3, 0.4) is 0 Å². The van der Waals surface area contributed by atoms with Crippen LogP contribution in [0.15, 0.2) is 10.6 Å². The van der Waals surface area contributed by atoms with Gasteiger partial charge in [0.1, 0.15) is 5.76 Å². The summed E-state index contributed by atoms with van der Waals surface area (Å²) in [6, 6.07) is 0.889. The lowest BCUT2D eigenvalue weighted by Crippen LogP contribution is -2.39. The van der Waals surface area contributed by atoms with Crippen molar-refractivity contribution in [3.63, 3.8) is 0 Å². The molecule has 0 aromatic carbocycles. The maximum Gasteiger partial charge on any atom is 0.211 e. The molecule has 4 atom stereocenters. The largest absolute Gasteiger partial charge is 0.444 e. The molecule has 0 amide bonds. The molecule has 0 radical (unpaired) electrons. The minimum atomic E-state index is 0.235. The molecule has 2 saturated carbocycles. The van der Waals surface area contributed by atoms with Gasteiger partial charge in [-0.15, -0.1) is 0 Å². The highest BCUT2D eigenvalue weighted by atomic mass is 16.4. The van der Waals surface area contributed by atoms with Gasteiger partial charge in [0.2, 0.25) is 5.89 Å². The summed E-state index contributed by atoms with van der Waals surface area (Å²) in [5, 5.41) is 3.73. The van der Waals surface area contributed by atoms with Crippen LogP contribution in [0.2, 0.25) is 0 Å². The average Bonchev–Trinajstić information content (AvgIpc) is 2.85. The molecular weight excluding hydrogens is 236 g/mol. The second-order valence-electron chi connectivity index (χ2n) is 6.51. The molecule has 2 aliphatic rings. The van der Waals surface area contributed by atoms with Crippen LogP contribution in [0.5, 0.6) is 0 Å². The molecule has 3 rings (SSSR count). The van der Waals surface area contributed by atoms with E-state index in [-0.39, 0.29) is 6.04 Å². The third-order valence-electron chi connectivity index (χ3n) is 5.03. The summed E-state index contributed by atoms with van der Waals surface area (Å²) in [7, 11) is 0. The van der Waals surface area contributed by atoms with Crippen LogP contribution in [0.25, 0.3) is 0 Å². The van der Waals surface area contributed by atoms with Gasteiger partial charge in [-0.25, -0.2) is 4.98 Å². The summed E-state index contributed by atoms with van der Waals surface area (Å²) in [5.74, 6) is 3.73. The van der Waals surface area contributed by atoms with Gasteiger partial charge < -0.3 is 9.73 Å². The van der Waals surface area contributed by atoms with Gasteiger partial charge in [0.15, 0.2) is 0 Å². The lowest BCUT2D eigenvalue weighted by molar-refractivity contribution is 0.137. The summed E-state index contributed by atoms with van der Waals surface area (Å²) >= 11 is 0. The lowest BCUT2D eigenvalue weighted by atomic mass is 9.69. The van der Waals surface area contributed by atoms with Crippen molar-refractivity contribution in [2.75, 3.05) is 0 Å². The number of aromatic nitrogens is 1. The third kappa shape index (κ3) is 3.02. The number of hydrogen-bond donors (Lipinski definition) is 1. The fourth-order valence-electron chi connectivity index (χ4n) is 4.02. The zero-order valence-electron chi connectivity index (χ0n) is 12.2. The summed E-state index contributed by atoms with van der Waals surface area (Å²) in [5.41, 5.74) is 0. The van der Waals surface area contributed by atoms with Gasteiger partial charge >= 0.3 is 0 Å². The average molecular weight is 262 g/mol. The van der Waals surface area contributed by atoms with Gasteiger partial charge in [0, 0.05) is 6.04 Å². The first-order chi connectivity index (χ1) is 9.22. The molecule has 0 aliphatic heterocycles. The van der Waals surface area contributed by atoms with Crippen molar-refractivity contribution in [1.82, 2.24) is 10.3 Å². The molecule has 2 fully saturated rings. The first-order valence-corrected chi connectivity index (χ1v) is 7.90. The van der Waals surface area contributed by atoms with Crippen molar-refractivity contribution in [3.05, 3.63) is 17.8 Å². The number of nitrogens with zero attached hydrogens (tertiary/aromatic N) is 1. The Hall–Kier alpha value is -0.830. The van der Waals surface area contributed by atoms with Crippen LogP contribution in [0, 0.1) is 18.8 Å². The van der Waals surface area contributed by atoms with E-state index in [2.05, 4.69) is 17.2 Å². The van der Waals surface area contributed by atoms with Gasteiger partial charge in [-0.2, -0.15) is 0 Å². The molecule has 0 spiro atoms. The smallest absolute Gasteiger partial charge is 0.211 e. The van der Waals surface area contributed by atoms with Gasteiger partial charge in [-0.05, 0) is 44.9 Å². The zero-order valence-corrected chi connectivity index (χ0v) is 12.2. The highest BCUT2D eigenvalue weighted by Crippen LogP contribution is 2.40. The molecule has 1 aromatic rings. The Morgan fingerprint density at radius 2 is 2.00 bits per heavy atom. The second kappa shape index (κ2) is 5.66. The summed E-state index contributed by atoms with van der Waals surface area (Å²) in [4.78, 5) is 4.33. The number of aryl methyl sites for hydroxylation is 1. The minimum Gasteiger partial charge on any atom is -0.444 e. The Morgan fingerprint density at radius 1 is 1.21 bits per heavy atom. The number of nitrogens with one attached hydrogen (secondary N) is 1. The zero-order chi connectivity index (χ0) is 13.2. The predicted molar refractivity (Wildman–Crippen MR) is 75.9 cm³/mol. The fourth-order valence-corrected chi connectivity index (χ4v) is 4.02. The number of fused-ring (bicyclic) bond motifs is 1. The molecule has 1 N–H and O–H groups in total. The molecule has 19 heavy (non-hydrogen) atoms. The molecule has 1 aromatic heterocycles. The van der Waals surface area contributed by atoms with E-state index in [4.69, 9.17) is 4.42 Å². The van der Waals surface area contributed by atoms with Crippen molar-refractivity contribution in [2.45, 2.75) is 70.9 Å². The Morgan fingerprint density at radius 3 is 2.74 bits per heavy atom. The van der Waals surface area contributed by atoms with E-state index in [1.54, 1.807) is 0 Å². The number of oxazole rings is 1. The summed E-state index contributed by atoms with van der Waals surface area (Å²) < 4.78 is 5.62. The van der Waals surface area contributed by atoms with E-state index in [1.165, 1.54) is 44.9 Å². The Labute approximate surface area is 116 Å². The monoisotopic (exact) mass is 262 g/mol. The maximum atomic E-state index is 5.62. The van der Waals surface area contributed by atoms with E-state index in [0.29, 0.717) is 6.04 Å². The SMILES string of the molecule is Cc1cnc(C(C)NC2CCC3CCCCC3C2)o1. The van der Waals surface area contributed by atoms with Crippen LogP contribution >= 0.6 is 0 Å². The van der Waals surface area contributed by atoms with E-state index in [9.17, 15) is 0 Å². The standard InChI is InChI=1S/C16H26N2O/c1-11-10-17-16(19-11)12(2)18-15-8-7-13-5-3-4-6-14(13)9-15/h10,12-15,18H,3-9H2,1-2H3. The van der Waals surface area contributed by atoms with Crippen LogP contribution < -0.4 is 5.32 Å². The molecule has 4 unspecified atom stereocenters. The third-order valence-corrected chi connectivity index (χ3v) is 5.03. The van der Waals surface area contributed by atoms with Crippen LogP contribution in [-0.4, -0.2) is 11.0 Å². The fraction of sp³-hybridized carbons (Fsp3) is 0.812. The quantitative estimate of drug-likeness (QED) is 0.895. The first kappa shape index (κ1) is 13.2. The van der Waals surface area contributed by atoms with Crippen molar-refractivity contribution < 1.29 is 4.42 Å². The van der Waals surface area contributed by atoms with Gasteiger partial charge in [0.05, 0.1) is 12.2 Å². The normalized spacial score (nSPS) is 32.8. The van der Waals surface area contributed by atoms with Crippen molar-refractivity contribution in [2.24, 2.45) is 11.8 Å². The van der Waals surface area contributed by atoms with Crippen molar-refractivity contribution in [3.8, 4) is 0 Å². The molecule has 1 heterocycles. The lowest BCUT2D eigenvalue weighted by Gasteiger charge is -2.40. The number of rotatable bonds is 3. The van der Waals surface area contributed by atoms with E-state index in [1.807, 2.05) is 13.1 Å². The summed E-state index contributed by atoms with van der Waals surface area (Å²) in [6.07, 6.45) is 11.7. The first-order valence-electron chi connectivity index (χ1n) is 7.90. The van der Waals surface area contributed by atoms with E-state index < -0.39 is 0 Å². The summed E-state index contributed by atoms with van der Waals surface area (Å²) in [6.45, 7) is 4.12. The topological polar surface area (TPSA) is 38.1 Å². The molecule has 0 saturated heterocycles. The molecule has 3 heteroatoms. The molecule has 2 aliphatic carbocycles. The van der Waals surface area contributed by atoms with E-state index >= 15 is 0 Å². The van der Waals surface area contributed by atoms with Crippen LogP contribution in [0.1, 0.15) is 69.6 Å². The number of hydrogen-bond acceptors (Lipinski definition) is 3. The highest BCUT2D eigenvalue weighted by Gasteiger charge is 2.32. The Kier molecular flexibility index (Phi) is 3.92.